The quantitative estimate of drug-likeness (QED) is 0.299. The average molecular weight is 458 g/mol. The number of rotatable bonds is 6. The van der Waals surface area contributed by atoms with Gasteiger partial charge >= 0.3 is 0 Å². The Morgan fingerprint density at radius 1 is 1.14 bits per heavy atom. The molecule has 1 saturated heterocycles. The molecule has 0 bridgehead atoms. The molecule has 0 aromatic heterocycles. The number of hydrogen-bond acceptors (Lipinski definition) is 4. The van der Waals surface area contributed by atoms with Gasteiger partial charge in [-0.1, -0.05) is 45.8 Å². The third kappa shape index (κ3) is 4.28. The van der Waals surface area contributed by atoms with Gasteiger partial charge in [-0.05, 0) is 49.6 Å². The van der Waals surface area contributed by atoms with Crippen molar-refractivity contribution < 1.29 is 19.4 Å². The minimum atomic E-state index is -0.659. The van der Waals surface area contributed by atoms with Crippen molar-refractivity contribution in [1.29, 1.82) is 0 Å². The first-order chi connectivity index (χ1) is 13.8. The van der Waals surface area contributed by atoms with Gasteiger partial charge in [-0.2, -0.15) is 0 Å². The summed E-state index contributed by atoms with van der Waals surface area (Å²) >= 11 is 3.42. The zero-order valence-corrected chi connectivity index (χ0v) is 18.3. The summed E-state index contributed by atoms with van der Waals surface area (Å²) in [7, 11) is 1.60. The second kappa shape index (κ2) is 8.93. The molecule has 5 nitrogen and oxygen atoms in total. The fraction of sp³-hybridized carbons (Fsp3) is 0.304. The Kier molecular flexibility index (Phi) is 6.55. The summed E-state index contributed by atoms with van der Waals surface area (Å²) in [6, 6.07) is 12.5. The molecule has 6 heteroatoms. The molecule has 0 saturated carbocycles. The van der Waals surface area contributed by atoms with Crippen molar-refractivity contribution in [1.82, 2.24) is 4.90 Å². The molecule has 1 N–H and O–H groups in total. The van der Waals surface area contributed by atoms with Gasteiger partial charge in [0, 0.05) is 30.3 Å². The molecule has 1 aliphatic heterocycles. The Morgan fingerprint density at radius 3 is 2.48 bits per heavy atom. The van der Waals surface area contributed by atoms with Crippen LogP contribution in [0.25, 0.3) is 5.76 Å². The summed E-state index contributed by atoms with van der Waals surface area (Å²) in [5, 5.41) is 11.1. The molecule has 0 radical (unpaired) electrons. The van der Waals surface area contributed by atoms with E-state index >= 15 is 0 Å². The number of ketones is 1. The monoisotopic (exact) mass is 457 g/mol. The predicted octanol–water partition coefficient (Wildman–Crippen LogP) is 4.52. The van der Waals surface area contributed by atoms with E-state index in [0.717, 1.165) is 21.2 Å². The third-order valence-corrected chi connectivity index (χ3v) is 5.65. The molecule has 0 spiro atoms. The number of aliphatic hydroxyl groups excluding tert-OH is 1. The Hall–Kier alpha value is -2.44. The van der Waals surface area contributed by atoms with Crippen molar-refractivity contribution in [3.63, 3.8) is 0 Å². The molecule has 2 aromatic carbocycles. The molecule has 1 aliphatic rings. The number of Topliss-reactive ketones (excluding diaryl/α,β-unsaturated/α-hetero) is 1. The van der Waals surface area contributed by atoms with Gasteiger partial charge in [0.25, 0.3) is 11.7 Å². The number of amides is 1. The van der Waals surface area contributed by atoms with Crippen LogP contribution in [0.5, 0.6) is 0 Å². The Labute approximate surface area is 179 Å². The van der Waals surface area contributed by atoms with Crippen molar-refractivity contribution in [2.75, 3.05) is 20.3 Å². The molecule has 3 rings (SSSR count). The Balaban J connectivity index is 2.16. The second-order valence-electron chi connectivity index (χ2n) is 7.21. The highest BCUT2D eigenvalue weighted by Gasteiger charge is 2.45. The lowest BCUT2D eigenvalue weighted by Gasteiger charge is -2.25. The van der Waals surface area contributed by atoms with E-state index in [9.17, 15) is 14.7 Å². The minimum absolute atomic E-state index is 0.128. The topological polar surface area (TPSA) is 66.8 Å². The van der Waals surface area contributed by atoms with Gasteiger partial charge in [0.15, 0.2) is 0 Å². The normalized spacial score (nSPS) is 18.5. The van der Waals surface area contributed by atoms with Crippen LogP contribution >= 0.6 is 15.9 Å². The number of nitrogens with zero attached hydrogens (tertiary/aromatic N) is 1. The summed E-state index contributed by atoms with van der Waals surface area (Å²) in [5.41, 5.74) is 3.28. The fourth-order valence-electron chi connectivity index (χ4n) is 3.62. The Bertz CT molecular complexity index is 965. The van der Waals surface area contributed by atoms with E-state index in [1.807, 2.05) is 56.3 Å². The number of hydrogen-bond donors (Lipinski definition) is 1. The van der Waals surface area contributed by atoms with Crippen molar-refractivity contribution in [3.05, 3.63) is 74.8 Å². The average Bonchev–Trinajstić information content (AvgIpc) is 2.95. The molecule has 1 fully saturated rings. The number of aryl methyl sites for hydroxylation is 2. The number of halogens is 1. The lowest BCUT2D eigenvalue weighted by atomic mass is 9.93. The van der Waals surface area contributed by atoms with E-state index in [4.69, 9.17) is 4.74 Å². The lowest BCUT2D eigenvalue weighted by molar-refractivity contribution is -0.140. The zero-order valence-electron chi connectivity index (χ0n) is 16.7. The number of methoxy groups -OCH3 is 1. The van der Waals surface area contributed by atoms with Crippen LogP contribution in [0.3, 0.4) is 0 Å². The van der Waals surface area contributed by atoms with E-state index in [2.05, 4.69) is 15.9 Å². The fourth-order valence-corrected chi connectivity index (χ4v) is 3.88. The molecule has 29 heavy (non-hydrogen) atoms. The smallest absolute Gasteiger partial charge is 0.295 e. The maximum atomic E-state index is 13.0. The van der Waals surface area contributed by atoms with Crippen LogP contribution in [-0.2, 0) is 14.3 Å². The molecule has 1 atom stereocenters. The highest BCUT2D eigenvalue weighted by molar-refractivity contribution is 9.10. The SMILES string of the molecule is COCCCN1C(=O)C(=O)/C(=C(/O)c2cc(C)ccc2C)C1c1ccc(Br)cc1. The molecular weight excluding hydrogens is 434 g/mol. The van der Waals surface area contributed by atoms with E-state index in [-0.39, 0.29) is 11.3 Å². The maximum absolute atomic E-state index is 13.0. The first-order valence-corrected chi connectivity index (χ1v) is 10.2. The highest BCUT2D eigenvalue weighted by atomic mass is 79.9. The second-order valence-corrected chi connectivity index (χ2v) is 8.12. The summed E-state index contributed by atoms with van der Waals surface area (Å²) in [6.07, 6.45) is 0.597. The van der Waals surface area contributed by atoms with Crippen LogP contribution in [-0.4, -0.2) is 42.0 Å². The van der Waals surface area contributed by atoms with E-state index in [0.29, 0.717) is 25.1 Å². The van der Waals surface area contributed by atoms with Crippen molar-refractivity contribution >= 4 is 33.4 Å². The predicted molar refractivity (Wildman–Crippen MR) is 116 cm³/mol. The van der Waals surface area contributed by atoms with Gasteiger partial charge in [0.2, 0.25) is 0 Å². The molecule has 1 amide bonds. The summed E-state index contributed by atoms with van der Waals surface area (Å²) in [4.78, 5) is 27.3. The third-order valence-electron chi connectivity index (χ3n) is 5.12. The van der Waals surface area contributed by atoms with Gasteiger partial charge in [-0.25, -0.2) is 0 Å². The van der Waals surface area contributed by atoms with Crippen LogP contribution in [0, 0.1) is 13.8 Å². The van der Waals surface area contributed by atoms with Crippen molar-refractivity contribution in [3.8, 4) is 0 Å². The van der Waals surface area contributed by atoms with Gasteiger partial charge in [0.05, 0.1) is 11.6 Å². The first-order valence-electron chi connectivity index (χ1n) is 9.45. The minimum Gasteiger partial charge on any atom is -0.507 e. The van der Waals surface area contributed by atoms with Gasteiger partial charge < -0.3 is 14.7 Å². The van der Waals surface area contributed by atoms with Gasteiger partial charge in [0.1, 0.15) is 5.76 Å². The van der Waals surface area contributed by atoms with Crippen LogP contribution in [0.15, 0.2) is 52.5 Å². The molecule has 2 aromatic rings. The molecule has 1 heterocycles. The van der Waals surface area contributed by atoms with Crippen LogP contribution in [0.1, 0.15) is 34.7 Å². The molecule has 0 aliphatic carbocycles. The summed E-state index contributed by atoms with van der Waals surface area (Å²) in [6.45, 7) is 4.64. The molecule has 152 valence electrons. The summed E-state index contributed by atoms with van der Waals surface area (Å²) in [5.74, 6) is -1.39. The molecule has 1 unspecified atom stereocenters. The van der Waals surface area contributed by atoms with E-state index in [1.165, 1.54) is 4.90 Å². The largest absolute Gasteiger partial charge is 0.507 e. The van der Waals surface area contributed by atoms with Crippen molar-refractivity contribution in [2.24, 2.45) is 0 Å². The number of likely N-dealkylation sites (tertiary alicyclic amines) is 1. The van der Waals surface area contributed by atoms with E-state index in [1.54, 1.807) is 7.11 Å². The summed E-state index contributed by atoms with van der Waals surface area (Å²) < 4.78 is 6.00. The number of carbonyl (C=O) groups is 2. The molecular formula is C23H24BrNO4. The van der Waals surface area contributed by atoms with Gasteiger partial charge in [-0.3, -0.25) is 9.59 Å². The number of benzene rings is 2. The van der Waals surface area contributed by atoms with Gasteiger partial charge in [-0.15, -0.1) is 0 Å². The first kappa shape index (κ1) is 21.3. The van der Waals surface area contributed by atoms with Crippen LogP contribution < -0.4 is 0 Å². The number of aliphatic hydroxyl groups is 1. The lowest BCUT2D eigenvalue weighted by Crippen LogP contribution is -2.31. The van der Waals surface area contributed by atoms with Crippen molar-refractivity contribution in [2.45, 2.75) is 26.3 Å². The maximum Gasteiger partial charge on any atom is 0.295 e. The Morgan fingerprint density at radius 2 is 1.83 bits per heavy atom. The number of ether oxygens (including phenoxy) is 1. The van der Waals surface area contributed by atoms with Crippen LogP contribution in [0.4, 0.5) is 0 Å². The number of carbonyl (C=O) groups excluding carboxylic acids is 2. The zero-order chi connectivity index (χ0) is 21.1. The van der Waals surface area contributed by atoms with E-state index < -0.39 is 17.7 Å². The highest BCUT2D eigenvalue weighted by Crippen LogP contribution is 2.40. The standard InChI is InChI=1S/C23H24BrNO4/c1-14-5-6-15(2)18(13-14)21(26)19-20(16-7-9-17(24)10-8-16)25(11-4-12-29-3)23(28)22(19)27/h5-10,13,20,26H,4,11-12H2,1-3H3/b21-19+. The van der Waals surface area contributed by atoms with Crippen LogP contribution in [0.2, 0.25) is 0 Å².